The van der Waals surface area contributed by atoms with Crippen molar-refractivity contribution in [1.29, 1.82) is 0 Å². The Kier molecular flexibility index (Phi) is 4.44. The lowest BCUT2D eigenvalue weighted by atomic mass is 10.1. The maximum Gasteiger partial charge on any atom is 0.227 e. The number of benzene rings is 1. The van der Waals surface area contributed by atoms with Gasteiger partial charge >= 0.3 is 0 Å². The number of hydrogen-bond acceptors (Lipinski definition) is 5. The predicted octanol–water partition coefficient (Wildman–Crippen LogP) is 1.80. The molecule has 1 saturated heterocycles. The van der Waals surface area contributed by atoms with Crippen molar-refractivity contribution in [2.45, 2.75) is 26.3 Å². The van der Waals surface area contributed by atoms with Gasteiger partial charge in [0.25, 0.3) is 0 Å². The zero-order chi connectivity index (χ0) is 17.2. The Labute approximate surface area is 147 Å². The van der Waals surface area contributed by atoms with Crippen LogP contribution in [-0.2, 0) is 24.2 Å². The van der Waals surface area contributed by atoms with Crippen LogP contribution < -0.4 is 4.74 Å². The first kappa shape index (κ1) is 16.1. The van der Waals surface area contributed by atoms with E-state index in [1.54, 1.807) is 0 Å². The summed E-state index contributed by atoms with van der Waals surface area (Å²) in [6.07, 6.45) is 1.41. The van der Waals surface area contributed by atoms with E-state index >= 15 is 0 Å². The highest BCUT2D eigenvalue weighted by Gasteiger charge is 2.22. The number of ether oxygens (including phenoxy) is 1. The number of aryl methyl sites for hydroxylation is 1. The van der Waals surface area contributed by atoms with E-state index < -0.39 is 0 Å². The van der Waals surface area contributed by atoms with Gasteiger partial charge in [-0.05, 0) is 24.1 Å². The van der Waals surface area contributed by atoms with Gasteiger partial charge in [0.1, 0.15) is 5.75 Å². The van der Waals surface area contributed by atoms with E-state index in [4.69, 9.17) is 9.26 Å². The number of carbonyl (C=O) groups is 1. The van der Waals surface area contributed by atoms with Crippen LogP contribution in [-0.4, -0.2) is 53.6 Å². The molecular weight excluding hydrogens is 318 g/mol. The summed E-state index contributed by atoms with van der Waals surface area (Å²) < 4.78 is 10.8. The van der Waals surface area contributed by atoms with E-state index in [1.165, 1.54) is 5.56 Å². The first-order valence-electron chi connectivity index (χ1n) is 8.84. The minimum atomic E-state index is 0.203. The van der Waals surface area contributed by atoms with Gasteiger partial charge in [-0.15, -0.1) is 0 Å². The second-order valence-corrected chi connectivity index (χ2v) is 6.81. The number of carbonyl (C=O) groups excluding carboxylic acids is 1. The molecule has 6 nitrogen and oxygen atoms in total. The summed E-state index contributed by atoms with van der Waals surface area (Å²) in [5.74, 6) is 2.05. The maximum atomic E-state index is 12.6. The third-order valence-corrected chi connectivity index (χ3v) is 4.89. The van der Waals surface area contributed by atoms with Crippen molar-refractivity contribution >= 4 is 5.91 Å². The molecule has 6 heteroatoms. The molecular formula is C19H23N3O3. The minimum absolute atomic E-state index is 0.203. The first-order chi connectivity index (χ1) is 12.2. The molecule has 2 aromatic rings. The SMILES string of the molecule is Cc1cc(CN2CCN(C(=O)Cc3ccc4c(c3)CCO4)CC2)on1. The van der Waals surface area contributed by atoms with Crippen molar-refractivity contribution in [2.75, 3.05) is 32.8 Å². The van der Waals surface area contributed by atoms with Crippen molar-refractivity contribution in [3.05, 3.63) is 46.8 Å². The van der Waals surface area contributed by atoms with Gasteiger partial charge in [-0.3, -0.25) is 9.69 Å². The monoisotopic (exact) mass is 341 g/mol. The van der Waals surface area contributed by atoms with Crippen LogP contribution in [0.4, 0.5) is 0 Å². The molecule has 1 amide bonds. The van der Waals surface area contributed by atoms with Crippen LogP contribution in [0.5, 0.6) is 5.75 Å². The summed E-state index contributed by atoms with van der Waals surface area (Å²) in [5, 5.41) is 3.92. The fraction of sp³-hybridized carbons (Fsp3) is 0.474. The van der Waals surface area contributed by atoms with Gasteiger partial charge in [0.15, 0.2) is 5.76 Å². The molecule has 0 saturated carbocycles. The number of aromatic nitrogens is 1. The average Bonchev–Trinajstić information content (AvgIpc) is 3.24. The highest BCUT2D eigenvalue weighted by Crippen LogP contribution is 2.26. The zero-order valence-electron chi connectivity index (χ0n) is 14.5. The van der Waals surface area contributed by atoms with Crippen LogP contribution in [0, 0.1) is 6.92 Å². The quantitative estimate of drug-likeness (QED) is 0.849. The van der Waals surface area contributed by atoms with Crippen molar-refractivity contribution < 1.29 is 14.1 Å². The van der Waals surface area contributed by atoms with E-state index in [1.807, 2.05) is 30.0 Å². The van der Waals surface area contributed by atoms with Gasteiger partial charge < -0.3 is 14.2 Å². The fourth-order valence-corrected chi connectivity index (χ4v) is 3.50. The molecule has 0 aliphatic carbocycles. The van der Waals surface area contributed by atoms with Crippen LogP contribution in [0.3, 0.4) is 0 Å². The van der Waals surface area contributed by atoms with Crippen LogP contribution >= 0.6 is 0 Å². The van der Waals surface area contributed by atoms with Gasteiger partial charge in [-0.25, -0.2) is 0 Å². The molecule has 0 atom stereocenters. The molecule has 0 spiro atoms. The normalized spacial score (nSPS) is 17.4. The maximum absolute atomic E-state index is 12.6. The van der Waals surface area contributed by atoms with Crippen LogP contribution in [0.15, 0.2) is 28.8 Å². The van der Waals surface area contributed by atoms with Gasteiger partial charge in [-0.1, -0.05) is 17.3 Å². The van der Waals surface area contributed by atoms with Crippen LogP contribution in [0.1, 0.15) is 22.6 Å². The second-order valence-electron chi connectivity index (χ2n) is 6.81. The predicted molar refractivity (Wildman–Crippen MR) is 92.4 cm³/mol. The van der Waals surface area contributed by atoms with Crippen molar-refractivity contribution in [1.82, 2.24) is 15.0 Å². The molecule has 0 unspecified atom stereocenters. The summed E-state index contributed by atoms with van der Waals surface area (Å²) in [6.45, 7) is 6.69. The van der Waals surface area contributed by atoms with Gasteiger partial charge in [-0.2, -0.15) is 0 Å². The van der Waals surface area contributed by atoms with E-state index in [-0.39, 0.29) is 5.91 Å². The van der Waals surface area contributed by atoms with Crippen LogP contribution in [0.25, 0.3) is 0 Å². The minimum Gasteiger partial charge on any atom is -0.493 e. The Balaban J connectivity index is 1.29. The lowest BCUT2D eigenvalue weighted by Gasteiger charge is -2.34. The summed E-state index contributed by atoms with van der Waals surface area (Å²) in [4.78, 5) is 16.8. The van der Waals surface area contributed by atoms with E-state index in [0.717, 1.165) is 68.5 Å². The molecule has 3 heterocycles. The van der Waals surface area contributed by atoms with Gasteiger partial charge in [0.2, 0.25) is 5.91 Å². The number of fused-ring (bicyclic) bond motifs is 1. The number of rotatable bonds is 4. The largest absolute Gasteiger partial charge is 0.493 e. The lowest BCUT2D eigenvalue weighted by Crippen LogP contribution is -2.48. The summed E-state index contributed by atoms with van der Waals surface area (Å²) in [7, 11) is 0. The lowest BCUT2D eigenvalue weighted by molar-refractivity contribution is -0.132. The standard InChI is InChI=1S/C19H23N3O3/c1-14-10-17(25-20-14)13-21-5-7-22(8-6-21)19(23)12-15-2-3-18-16(11-15)4-9-24-18/h2-3,10-11H,4-9,12-13H2,1H3. The van der Waals surface area contributed by atoms with Crippen LogP contribution in [0.2, 0.25) is 0 Å². The molecule has 2 aliphatic rings. The molecule has 1 fully saturated rings. The van der Waals surface area contributed by atoms with E-state index in [2.05, 4.69) is 16.1 Å². The summed E-state index contributed by atoms with van der Waals surface area (Å²) in [5.41, 5.74) is 3.20. The molecule has 1 aromatic carbocycles. The molecule has 25 heavy (non-hydrogen) atoms. The Morgan fingerprint density at radius 1 is 1.20 bits per heavy atom. The Hall–Kier alpha value is -2.34. The van der Waals surface area contributed by atoms with Gasteiger partial charge in [0, 0.05) is 38.7 Å². The van der Waals surface area contributed by atoms with E-state index in [0.29, 0.717) is 6.42 Å². The summed E-state index contributed by atoms with van der Waals surface area (Å²) >= 11 is 0. The molecule has 1 aromatic heterocycles. The van der Waals surface area contributed by atoms with Crippen molar-refractivity contribution in [3.63, 3.8) is 0 Å². The second kappa shape index (κ2) is 6.88. The third kappa shape index (κ3) is 3.69. The van der Waals surface area contributed by atoms with Crippen molar-refractivity contribution in [2.24, 2.45) is 0 Å². The molecule has 4 rings (SSSR count). The molecule has 0 radical (unpaired) electrons. The van der Waals surface area contributed by atoms with Crippen molar-refractivity contribution in [3.8, 4) is 5.75 Å². The highest BCUT2D eigenvalue weighted by molar-refractivity contribution is 5.79. The zero-order valence-corrected chi connectivity index (χ0v) is 14.5. The fourth-order valence-electron chi connectivity index (χ4n) is 3.50. The number of hydrogen-bond donors (Lipinski definition) is 0. The number of piperazine rings is 1. The van der Waals surface area contributed by atoms with Gasteiger partial charge in [0.05, 0.1) is 25.3 Å². The topological polar surface area (TPSA) is 58.8 Å². The smallest absolute Gasteiger partial charge is 0.227 e. The number of amides is 1. The summed E-state index contributed by atoms with van der Waals surface area (Å²) in [6, 6.07) is 8.07. The Morgan fingerprint density at radius 2 is 2.04 bits per heavy atom. The molecule has 132 valence electrons. The van der Waals surface area contributed by atoms with E-state index in [9.17, 15) is 4.79 Å². The first-order valence-corrected chi connectivity index (χ1v) is 8.84. The molecule has 0 bridgehead atoms. The third-order valence-electron chi connectivity index (χ3n) is 4.89. The number of nitrogens with zero attached hydrogens (tertiary/aromatic N) is 3. The Morgan fingerprint density at radius 3 is 2.80 bits per heavy atom. The highest BCUT2D eigenvalue weighted by atomic mass is 16.5. The molecule has 2 aliphatic heterocycles. The average molecular weight is 341 g/mol. The Bertz CT molecular complexity index is 763. The molecule has 0 N–H and O–H groups in total.